The van der Waals surface area contributed by atoms with Gasteiger partial charge in [0.25, 0.3) is 0 Å². The van der Waals surface area contributed by atoms with Gasteiger partial charge in [0.15, 0.2) is 0 Å². The van der Waals surface area contributed by atoms with Crippen molar-refractivity contribution in [3.63, 3.8) is 0 Å². The molecular formula is C8H16N2. The highest BCUT2D eigenvalue weighted by Crippen LogP contribution is 2.47. The minimum absolute atomic E-state index is 0.0208. The Balaban J connectivity index is 2.30. The maximum atomic E-state index is 6.17. The Hall–Kier alpha value is -0.0800. The minimum atomic E-state index is 0.0208. The van der Waals surface area contributed by atoms with Gasteiger partial charge in [-0.2, -0.15) is 0 Å². The second-order valence-corrected chi connectivity index (χ2v) is 4.02. The molecule has 58 valence electrons. The molecule has 10 heavy (non-hydrogen) atoms. The monoisotopic (exact) mass is 140 g/mol. The van der Waals surface area contributed by atoms with Gasteiger partial charge in [-0.25, -0.2) is 0 Å². The molecule has 2 heteroatoms. The first-order valence-corrected chi connectivity index (χ1v) is 4.24. The predicted octanol–water partition coefficient (Wildman–Crippen LogP) is 0.749. The average Bonchev–Trinajstić information content (AvgIpc) is 2.20. The van der Waals surface area contributed by atoms with Crippen molar-refractivity contribution in [2.75, 3.05) is 0 Å². The Morgan fingerprint density at radius 2 is 1.00 bits per heavy atom. The van der Waals surface area contributed by atoms with Gasteiger partial charge in [-0.1, -0.05) is 0 Å². The summed E-state index contributed by atoms with van der Waals surface area (Å²) in [5.74, 6) is 0. The van der Waals surface area contributed by atoms with Gasteiger partial charge in [0.1, 0.15) is 0 Å². The van der Waals surface area contributed by atoms with Gasteiger partial charge in [0.05, 0.1) is 0 Å². The molecule has 4 N–H and O–H groups in total. The Labute approximate surface area is 62.0 Å². The Morgan fingerprint density at radius 3 is 1.30 bits per heavy atom. The molecule has 0 aliphatic heterocycles. The Bertz CT molecular complexity index is 127. The van der Waals surface area contributed by atoms with Crippen LogP contribution in [-0.4, -0.2) is 11.1 Å². The van der Waals surface area contributed by atoms with Gasteiger partial charge >= 0.3 is 0 Å². The van der Waals surface area contributed by atoms with Gasteiger partial charge in [-0.15, -0.1) is 0 Å². The summed E-state index contributed by atoms with van der Waals surface area (Å²) in [5.41, 5.74) is 12.4. The number of fused-ring (bicyclic) bond motifs is 1. The van der Waals surface area contributed by atoms with E-state index in [1.54, 1.807) is 0 Å². The van der Waals surface area contributed by atoms with Gasteiger partial charge in [0.2, 0.25) is 0 Å². The van der Waals surface area contributed by atoms with Crippen LogP contribution in [0.5, 0.6) is 0 Å². The lowest BCUT2D eigenvalue weighted by atomic mass is 9.85. The summed E-state index contributed by atoms with van der Waals surface area (Å²) in [6.45, 7) is 0. The number of rotatable bonds is 0. The van der Waals surface area contributed by atoms with Crippen molar-refractivity contribution < 1.29 is 0 Å². The highest BCUT2D eigenvalue weighted by Gasteiger charge is 2.52. The third-order valence-corrected chi connectivity index (χ3v) is 3.48. The molecule has 0 aromatic heterocycles. The quantitative estimate of drug-likeness (QED) is 0.521. The SMILES string of the molecule is NC12CCCC1(N)CCC2. The third kappa shape index (κ3) is 0.611. The lowest BCUT2D eigenvalue weighted by molar-refractivity contribution is 0.309. The van der Waals surface area contributed by atoms with E-state index in [0.717, 1.165) is 25.7 Å². The van der Waals surface area contributed by atoms with E-state index in [1.165, 1.54) is 12.8 Å². The molecule has 0 atom stereocenters. The van der Waals surface area contributed by atoms with E-state index in [-0.39, 0.29) is 11.1 Å². The van der Waals surface area contributed by atoms with Crippen molar-refractivity contribution in [3.05, 3.63) is 0 Å². The van der Waals surface area contributed by atoms with Crippen molar-refractivity contribution in [1.29, 1.82) is 0 Å². The van der Waals surface area contributed by atoms with Crippen LogP contribution in [0.25, 0.3) is 0 Å². The first-order valence-electron chi connectivity index (χ1n) is 4.24. The van der Waals surface area contributed by atoms with Gasteiger partial charge in [0, 0.05) is 11.1 Å². The van der Waals surface area contributed by atoms with Crippen LogP contribution in [0.3, 0.4) is 0 Å². The summed E-state index contributed by atoms with van der Waals surface area (Å²) >= 11 is 0. The van der Waals surface area contributed by atoms with Gasteiger partial charge < -0.3 is 11.5 Å². The molecule has 0 aromatic carbocycles. The summed E-state index contributed by atoms with van der Waals surface area (Å²) < 4.78 is 0. The molecule has 2 rings (SSSR count). The molecule has 2 fully saturated rings. The van der Waals surface area contributed by atoms with Crippen LogP contribution in [-0.2, 0) is 0 Å². The molecular weight excluding hydrogens is 124 g/mol. The summed E-state index contributed by atoms with van der Waals surface area (Å²) in [7, 11) is 0. The van der Waals surface area contributed by atoms with Gasteiger partial charge in [-0.3, -0.25) is 0 Å². The van der Waals surface area contributed by atoms with Crippen LogP contribution in [0, 0.1) is 0 Å². The first kappa shape index (κ1) is 6.62. The zero-order valence-corrected chi connectivity index (χ0v) is 6.40. The van der Waals surface area contributed by atoms with Crippen molar-refractivity contribution in [1.82, 2.24) is 0 Å². The fourth-order valence-corrected chi connectivity index (χ4v) is 2.68. The predicted molar refractivity (Wildman–Crippen MR) is 41.5 cm³/mol. The molecule has 0 radical (unpaired) electrons. The number of nitrogens with two attached hydrogens (primary N) is 2. The number of hydrogen-bond donors (Lipinski definition) is 2. The normalized spacial score (nSPS) is 53.4. The fraction of sp³-hybridized carbons (Fsp3) is 1.00. The third-order valence-electron chi connectivity index (χ3n) is 3.48. The fourth-order valence-electron chi connectivity index (χ4n) is 2.68. The van der Waals surface area contributed by atoms with Crippen LogP contribution in [0.15, 0.2) is 0 Å². The second kappa shape index (κ2) is 1.74. The molecule has 0 heterocycles. The molecule has 0 unspecified atom stereocenters. The second-order valence-electron chi connectivity index (χ2n) is 4.02. The number of hydrogen-bond acceptors (Lipinski definition) is 2. The standard InChI is InChI=1S/C8H16N2/c9-7-3-1-4-8(7,10)6-2-5-7/h1-6,9-10H2. The largest absolute Gasteiger partial charge is 0.324 e. The van der Waals surface area contributed by atoms with Crippen LogP contribution in [0.4, 0.5) is 0 Å². The van der Waals surface area contributed by atoms with E-state index < -0.39 is 0 Å². The molecule has 0 aromatic rings. The van der Waals surface area contributed by atoms with E-state index in [1.807, 2.05) is 0 Å². The highest BCUT2D eigenvalue weighted by molar-refractivity contribution is 5.15. The summed E-state index contributed by atoms with van der Waals surface area (Å²) in [4.78, 5) is 0. The lowest BCUT2D eigenvalue weighted by Crippen LogP contribution is -2.58. The van der Waals surface area contributed by atoms with Crippen LogP contribution < -0.4 is 11.5 Å². The van der Waals surface area contributed by atoms with Crippen molar-refractivity contribution in [2.45, 2.75) is 49.6 Å². The Kier molecular flexibility index (Phi) is 1.15. The average molecular weight is 140 g/mol. The van der Waals surface area contributed by atoms with E-state index >= 15 is 0 Å². The molecule has 2 saturated carbocycles. The zero-order valence-electron chi connectivity index (χ0n) is 6.40. The maximum Gasteiger partial charge on any atom is 0.0336 e. The molecule has 0 bridgehead atoms. The van der Waals surface area contributed by atoms with Crippen LogP contribution in [0.2, 0.25) is 0 Å². The summed E-state index contributed by atoms with van der Waals surface area (Å²) in [5, 5.41) is 0. The van der Waals surface area contributed by atoms with Crippen LogP contribution in [0.1, 0.15) is 38.5 Å². The highest BCUT2D eigenvalue weighted by atomic mass is 15.0. The molecule has 0 amide bonds. The molecule has 0 spiro atoms. The van der Waals surface area contributed by atoms with E-state index in [0.29, 0.717) is 0 Å². The van der Waals surface area contributed by atoms with E-state index in [2.05, 4.69) is 0 Å². The summed E-state index contributed by atoms with van der Waals surface area (Å²) in [6.07, 6.45) is 7.11. The van der Waals surface area contributed by atoms with Crippen molar-refractivity contribution >= 4 is 0 Å². The van der Waals surface area contributed by atoms with Crippen molar-refractivity contribution in [3.8, 4) is 0 Å². The molecule has 2 nitrogen and oxygen atoms in total. The van der Waals surface area contributed by atoms with Crippen molar-refractivity contribution in [2.24, 2.45) is 11.5 Å². The molecule has 2 aliphatic rings. The summed E-state index contributed by atoms with van der Waals surface area (Å²) in [6, 6.07) is 0. The van der Waals surface area contributed by atoms with Crippen LogP contribution >= 0.6 is 0 Å². The van der Waals surface area contributed by atoms with Gasteiger partial charge in [-0.05, 0) is 38.5 Å². The smallest absolute Gasteiger partial charge is 0.0336 e. The van der Waals surface area contributed by atoms with E-state index in [9.17, 15) is 0 Å². The maximum absolute atomic E-state index is 6.17. The zero-order chi connectivity index (χ0) is 7.24. The molecule has 0 saturated heterocycles. The topological polar surface area (TPSA) is 52.0 Å². The first-order chi connectivity index (χ1) is 4.66. The molecule has 2 aliphatic carbocycles. The lowest BCUT2D eigenvalue weighted by Gasteiger charge is -2.33. The Morgan fingerprint density at radius 1 is 0.700 bits per heavy atom. The minimum Gasteiger partial charge on any atom is -0.324 e. The van der Waals surface area contributed by atoms with E-state index in [4.69, 9.17) is 11.5 Å².